The first-order chi connectivity index (χ1) is 13.5. The fraction of sp³-hybridized carbons (Fsp3) is 0.909. The van der Waals surface area contributed by atoms with Crippen LogP contribution in [0.15, 0.2) is 4.99 Å². The molecule has 2 N–H and O–H groups in total. The molecule has 6 nitrogen and oxygen atoms in total. The summed E-state index contributed by atoms with van der Waals surface area (Å²) in [6, 6.07) is 0.810. The van der Waals surface area contributed by atoms with Gasteiger partial charge in [0, 0.05) is 32.8 Å². The third-order valence-electron chi connectivity index (χ3n) is 6.90. The molecular formula is C22H41IN4O2. The van der Waals surface area contributed by atoms with Crippen molar-refractivity contribution in [2.45, 2.75) is 95.2 Å². The molecule has 3 aliphatic rings. The predicted octanol–water partition coefficient (Wildman–Crippen LogP) is 3.69. The summed E-state index contributed by atoms with van der Waals surface area (Å²) in [5.74, 6) is 1.49. The molecule has 0 aromatic carbocycles. The van der Waals surface area contributed by atoms with Crippen molar-refractivity contribution in [3.8, 4) is 0 Å². The minimum absolute atomic E-state index is 0. The summed E-state index contributed by atoms with van der Waals surface area (Å²) in [6.07, 6.45) is 13.4. The van der Waals surface area contributed by atoms with E-state index in [2.05, 4.69) is 22.5 Å². The van der Waals surface area contributed by atoms with E-state index in [9.17, 15) is 4.79 Å². The minimum Gasteiger partial charge on any atom is -0.375 e. The van der Waals surface area contributed by atoms with Crippen LogP contribution in [0.3, 0.4) is 0 Å². The van der Waals surface area contributed by atoms with Gasteiger partial charge >= 0.3 is 0 Å². The summed E-state index contributed by atoms with van der Waals surface area (Å²) >= 11 is 0. The molecule has 0 bridgehead atoms. The van der Waals surface area contributed by atoms with E-state index in [1.165, 1.54) is 57.8 Å². The zero-order chi connectivity index (χ0) is 20.0. The first-order valence-electron chi connectivity index (χ1n) is 11.4. The fourth-order valence-electron chi connectivity index (χ4n) is 5.02. The van der Waals surface area contributed by atoms with Crippen molar-refractivity contribution in [3.05, 3.63) is 0 Å². The van der Waals surface area contributed by atoms with Crippen LogP contribution < -0.4 is 10.6 Å². The lowest BCUT2D eigenvalue weighted by atomic mass is 9.78. The molecule has 2 saturated carbocycles. The molecule has 1 spiro atoms. The van der Waals surface area contributed by atoms with Crippen LogP contribution in [0.2, 0.25) is 0 Å². The van der Waals surface area contributed by atoms with Gasteiger partial charge in [0.1, 0.15) is 6.54 Å². The number of carbonyl (C=O) groups excluding carboxylic acids is 1. The molecule has 168 valence electrons. The first-order valence-corrected chi connectivity index (χ1v) is 11.4. The molecule has 1 amide bonds. The van der Waals surface area contributed by atoms with Crippen molar-refractivity contribution < 1.29 is 9.53 Å². The van der Waals surface area contributed by atoms with Crippen molar-refractivity contribution in [2.75, 3.05) is 27.2 Å². The second-order valence-electron chi connectivity index (χ2n) is 9.39. The predicted molar refractivity (Wildman–Crippen MR) is 129 cm³/mol. The number of rotatable bonds is 4. The quantitative estimate of drug-likeness (QED) is 0.337. The number of nitrogens with zero attached hydrogens (tertiary/aromatic N) is 2. The van der Waals surface area contributed by atoms with E-state index in [0.29, 0.717) is 18.0 Å². The average Bonchev–Trinajstić information content (AvgIpc) is 2.68. The van der Waals surface area contributed by atoms with E-state index >= 15 is 0 Å². The van der Waals surface area contributed by atoms with Crippen molar-refractivity contribution in [1.82, 2.24) is 15.5 Å². The van der Waals surface area contributed by atoms with Crippen molar-refractivity contribution in [3.63, 3.8) is 0 Å². The van der Waals surface area contributed by atoms with Crippen LogP contribution in [0, 0.1) is 5.92 Å². The Morgan fingerprint density at radius 2 is 1.79 bits per heavy atom. The lowest BCUT2D eigenvalue weighted by Crippen LogP contribution is -2.54. The highest BCUT2D eigenvalue weighted by atomic mass is 127. The molecule has 0 aromatic heterocycles. The number of halogens is 1. The SMILES string of the molecule is CC1CCCCC1NC(=NCC(=O)N(C)C)NC1CCOC2(CCCCC2)C1.I. The Morgan fingerprint density at radius 3 is 2.48 bits per heavy atom. The van der Waals surface area contributed by atoms with Gasteiger partial charge in [0.2, 0.25) is 5.91 Å². The van der Waals surface area contributed by atoms with E-state index in [4.69, 9.17) is 4.74 Å². The minimum atomic E-state index is 0. The summed E-state index contributed by atoms with van der Waals surface area (Å²) in [5, 5.41) is 7.34. The van der Waals surface area contributed by atoms with Crippen LogP contribution in [-0.4, -0.2) is 61.7 Å². The van der Waals surface area contributed by atoms with Gasteiger partial charge in [0.05, 0.1) is 5.60 Å². The summed E-state index contributed by atoms with van der Waals surface area (Å²) in [7, 11) is 3.57. The van der Waals surface area contributed by atoms with E-state index in [1.807, 2.05) is 0 Å². The zero-order valence-corrected chi connectivity index (χ0v) is 20.9. The molecule has 29 heavy (non-hydrogen) atoms. The molecule has 3 fully saturated rings. The highest BCUT2D eigenvalue weighted by Gasteiger charge is 2.39. The maximum Gasteiger partial charge on any atom is 0.243 e. The van der Waals surface area contributed by atoms with Gasteiger partial charge in [-0.2, -0.15) is 0 Å². The van der Waals surface area contributed by atoms with Crippen LogP contribution in [0.1, 0.15) is 77.6 Å². The summed E-state index contributed by atoms with van der Waals surface area (Å²) < 4.78 is 6.25. The van der Waals surface area contributed by atoms with Gasteiger partial charge in [0.15, 0.2) is 5.96 Å². The second-order valence-corrected chi connectivity index (χ2v) is 9.39. The normalized spacial score (nSPS) is 29.6. The standard InChI is InChI=1S/C22H40N4O2.HI/c1-17-9-5-6-10-19(17)25-21(23-16-20(27)26(2)3)24-18-11-14-28-22(15-18)12-7-4-8-13-22;/h17-19H,4-16H2,1-3H3,(H2,23,24,25);1H. The Hall–Kier alpha value is -0.570. The van der Waals surface area contributed by atoms with Crippen LogP contribution in [0.4, 0.5) is 0 Å². The van der Waals surface area contributed by atoms with E-state index in [-0.39, 0.29) is 42.0 Å². The Balaban J connectivity index is 0.00000300. The largest absolute Gasteiger partial charge is 0.375 e. The molecule has 1 saturated heterocycles. The first kappa shape index (κ1) is 24.7. The van der Waals surface area contributed by atoms with Crippen LogP contribution in [-0.2, 0) is 9.53 Å². The number of amides is 1. The van der Waals surface area contributed by atoms with Crippen molar-refractivity contribution in [1.29, 1.82) is 0 Å². The molecule has 3 rings (SSSR count). The van der Waals surface area contributed by atoms with Gasteiger partial charge in [-0.15, -0.1) is 24.0 Å². The van der Waals surface area contributed by atoms with Crippen molar-refractivity contribution in [2.24, 2.45) is 10.9 Å². The Bertz CT molecular complexity index is 543. The van der Waals surface area contributed by atoms with Gasteiger partial charge < -0.3 is 20.3 Å². The third kappa shape index (κ3) is 7.26. The average molecular weight is 521 g/mol. The van der Waals surface area contributed by atoms with Gasteiger partial charge in [-0.25, -0.2) is 4.99 Å². The van der Waals surface area contributed by atoms with Gasteiger partial charge in [-0.3, -0.25) is 4.79 Å². The summed E-state index contributed by atoms with van der Waals surface area (Å²) in [5.41, 5.74) is 0.0663. The molecule has 3 atom stereocenters. The maximum atomic E-state index is 12.1. The number of likely N-dealkylation sites (N-methyl/N-ethyl adjacent to an activating group) is 1. The van der Waals surface area contributed by atoms with Gasteiger partial charge in [-0.05, 0) is 44.4 Å². The summed E-state index contributed by atoms with van der Waals surface area (Å²) in [4.78, 5) is 18.4. The maximum absolute atomic E-state index is 12.1. The molecule has 0 aromatic rings. The summed E-state index contributed by atoms with van der Waals surface area (Å²) in [6.45, 7) is 3.34. The molecule has 1 heterocycles. The number of ether oxygens (including phenoxy) is 1. The zero-order valence-electron chi connectivity index (χ0n) is 18.5. The molecule has 2 aliphatic carbocycles. The third-order valence-corrected chi connectivity index (χ3v) is 6.90. The van der Waals surface area contributed by atoms with E-state index in [1.54, 1.807) is 19.0 Å². The lowest BCUT2D eigenvalue weighted by Gasteiger charge is -2.44. The Labute approximate surface area is 194 Å². The van der Waals surface area contributed by atoms with Crippen molar-refractivity contribution >= 4 is 35.8 Å². The van der Waals surface area contributed by atoms with Gasteiger partial charge in [0.25, 0.3) is 0 Å². The molecular weight excluding hydrogens is 479 g/mol. The number of hydrogen-bond acceptors (Lipinski definition) is 3. The van der Waals surface area contributed by atoms with Gasteiger partial charge in [-0.1, -0.05) is 39.0 Å². The Morgan fingerprint density at radius 1 is 1.07 bits per heavy atom. The lowest BCUT2D eigenvalue weighted by molar-refractivity contribution is -0.127. The molecule has 7 heteroatoms. The number of hydrogen-bond donors (Lipinski definition) is 2. The topological polar surface area (TPSA) is 66.0 Å². The monoisotopic (exact) mass is 520 g/mol. The Kier molecular flexibility index (Phi) is 9.98. The van der Waals surface area contributed by atoms with E-state index < -0.39 is 0 Å². The fourth-order valence-corrected chi connectivity index (χ4v) is 5.02. The number of aliphatic imine (C=N–C) groups is 1. The number of carbonyl (C=O) groups is 1. The van der Waals surface area contributed by atoms with E-state index in [0.717, 1.165) is 25.4 Å². The second kappa shape index (κ2) is 11.7. The highest BCUT2D eigenvalue weighted by molar-refractivity contribution is 14.0. The molecule has 1 aliphatic heterocycles. The smallest absolute Gasteiger partial charge is 0.243 e. The molecule has 3 unspecified atom stereocenters. The highest BCUT2D eigenvalue weighted by Crippen LogP contribution is 2.38. The van der Waals surface area contributed by atoms with Crippen LogP contribution in [0.5, 0.6) is 0 Å². The number of nitrogens with one attached hydrogen (secondary N) is 2. The number of guanidine groups is 1. The van der Waals surface area contributed by atoms with Crippen LogP contribution in [0.25, 0.3) is 0 Å². The molecule has 0 radical (unpaired) electrons. The van der Waals surface area contributed by atoms with Crippen LogP contribution >= 0.6 is 24.0 Å².